The average molecular weight is 380 g/mol. The minimum Gasteiger partial charge on any atom is -0.339 e. The van der Waals surface area contributed by atoms with Crippen molar-refractivity contribution in [1.29, 1.82) is 0 Å². The monoisotopic (exact) mass is 379 g/mol. The van der Waals surface area contributed by atoms with E-state index in [0.29, 0.717) is 21.4 Å². The van der Waals surface area contributed by atoms with Crippen LogP contribution < -0.4 is 16.0 Å². The Morgan fingerprint density at radius 3 is 2.04 bits per heavy atom. The lowest BCUT2D eigenvalue weighted by molar-refractivity contribution is -0.136. The Morgan fingerprint density at radius 2 is 1.44 bits per heavy atom. The van der Waals surface area contributed by atoms with Gasteiger partial charge >= 0.3 is 11.8 Å². The van der Waals surface area contributed by atoms with E-state index in [-0.39, 0.29) is 6.54 Å². The molecule has 0 aromatic heterocycles. The van der Waals surface area contributed by atoms with Gasteiger partial charge in [0.15, 0.2) is 0 Å². The number of carbonyl (C=O) groups excluding carboxylic acids is 3. The number of aryl methyl sites for hydroxylation is 1. The van der Waals surface area contributed by atoms with Crippen molar-refractivity contribution in [3.8, 4) is 0 Å². The summed E-state index contributed by atoms with van der Waals surface area (Å²) in [5.41, 5.74) is 1.91. The molecule has 0 saturated carbocycles. The molecular formula is C17H15Cl2N3O3. The van der Waals surface area contributed by atoms with Gasteiger partial charge in [0.25, 0.3) is 0 Å². The number of hydrogen-bond acceptors (Lipinski definition) is 3. The van der Waals surface area contributed by atoms with E-state index in [9.17, 15) is 14.4 Å². The van der Waals surface area contributed by atoms with Crippen LogP contribution in [0.4, 0.5) is 11.4 Å². The molecule has 3 N–H and O–H groups in total. The third-order valence-electron chi connectivity index (χ3n) is 3.07. The number of rotatable bonds is 4. The number of anilines is 2. The fraction of sp³-hybridized carbons (Fsp3) is 0.118. The Morgan fingerprint density at radius 1 is 0.840 bits per heavy atom. The molecule has 0 bridgehead atoms. The Balaban J connectivity index is 1.83. The van der Waals surface area contributed by atoms with Gasteiger partial charge in [-0.2, -0.15) is 0 Å². The standard InChI is InChI=1S/C17H15Cl2N3O3/c1-10-2-4-13(5-3-10)22-17(25)16(24)20-9-15(23)21-14-7-11(18)6-12(19)8-14/h2-8H,9H2,1H3,(H,20,24)(H,21,23)(H,22,25). The highest BCUT2D eigenvalue weighted by Gasteiger charge is 2.15. The van der Waals surface area contributed by atoms with Crippen LogP contribution in [-0.4, -0.2) is 24.3 Å². The van der Waals surface area contributed by atoms with E-state index in [1.54, 1.807) is 24.3 Å². The molecule has 3 amide bonds. The predicted molar refractivity (Wildman–Crippen MR) is 97.9 cm³/mol. The van der Waals surface area contributed by atoms with Gasteiger partial charge in [-0.1, -0.05) is 40.9 Å². The third-order valence-corrected chi connectivity index (χ3v) is 3.51. The van der Waals surface area contributed by atoms with E-state index >= 15 is 0 Å². The third kappa shape index (κ3) is 6.10. The first-order valence-corrected chi connectivity index (χ1v) is 8.01. The number of carbonyl (C=O) groups is 3. The van der Waals surface area contributed by atoms with Crippen LogP contribution in [0.2, 0.25) is 10.0 Å². The fourth-order valence-electron chi connectivity index (χ4n) is 1.90. The summed E-state index contributed by atoms with van der Waals surface area (Å²) >= 11 is 11.7. The van der Waals surface area contributed by atoms with Crippen LogP contribution in [0.5, 0.6) is 0 Å². The Kier molecular flexibility index (Phi) is 6.38. The quantitative estimate of drug-likeness (QED) is 0.713. The summed E-state index contributed by atoms with van der Waals surface area (Å²) in [6.07, 6.45) is 0. The lowest BCUT2D eigenvalue weighted by Crippen LogP contribution is -2.39. The SMILES string of the molecule is Cc1ccc(NC(=O)C(=O)NCC(=O)Nc2cc(Cl)cc(Cl)c2)cc1. The van der Waals surface area contributed by atoms with Crippen molar-refractivity contribution in [3.05, 3.63) is 58.1 Å². The number of nitrogens with one attached hydrogen (secondary N) is 3. The number of hydrogen-bond donors (Lipinski definition) is 3. The first kappa shape index (κ1) is 18.8. The fourth-order valence-corrected chi connectivity index (χ4v) is 2.42. The Bertz CT molecular complexity index is 787. The maximum absolute atomic E-state index is 11.8. The minimum atomic E-state index is -0.917. The molecule has 0 unspecified atom stereocenters. The van der Waals surface area contributed by atoms with Crippen molar-refractivity contribution in [2.45, 2.75) is 6.92 Å². The highest BCUT2D eigenvalue weighted by molar-refractivity contribution is 6.40. The number of halogens is 2. The highest BCUT2D eigenvalue weighted by Crippen LogP contribution is 2.22. The molecule has 0 fully saturated rings. The highest BCUT2D eigenvalue weighted by atomic mass is 35.5. The number of amides is 3. The zero-order valence-electron chi connectivity index (χ0n) is 13.2. The Hall–Kier alpha value is -2.57. The molecule has 0 aliphatic rings. The lowest BCUT2D eigenvalue weighted by atomic mass is 10.2. The smallest absolute Gasteiger partial charge is 0.313 e. The molecule has 2 aromatic carbocycles. The summed E-state index contributed by atoms with van der Waals surface area (Å²) in [4.78, 5) is 35.3. The largest absolute Gasteiger partial charge is 0.339 e. The molecule has 0 aliphatic carbocycles. The van der Waals surface area contributed by atoms with Crippen LogP contribution in [0.1, 0.15) is 5.56 Å². The van der Waals surface area contributed by atoms with Crippen LogP contribution in [-0.2, 0) is 14.4 Å². The lowest BCUT2D eigenvalue weighted by Gasteiger charge is -2.08. The second-order valence-electron chi connectivity index (χ2n) is 5.21. The maximum Gasteiger partial charge on any atom is 0.313 e. The summed E-state index contributed by atoms with van der Waals surface area (Å²) < 4.78 is 0. The van der Waals surface area contributed by atoms with Gasteiger partial charge in [-0.05, 0) is 37.3 Å². The topological polar surface area (TPSA) is 87.3 Å². The normalized spacial score (nSPS) is 10.0. The van der Waals surface area contributed by atoms with Gasteiger partial charge in [0, 0.05) is 21.4 Å². The van der Waals surface area contributed by atoms with Gasteiger partial charge in [0.05, 0.1) is 6.54 Å². The second-order valence-corrected chi connectivity index (χ2v) is 6.08. The zero-order chi connectivity index (χ0) is 18.4. The second kappa shape index (κ2) is 8.50. The van der Waals surface area contributed by atoms with E-state index in [4.69, 9.17) is 23.2 Å². The summed E-state index contributed by atoms with van der Waals surface area (Å²) in [5.74, 6) is -2.29. The summed E-state index contributed by atoms with van der Waals surface area (Å²) in [6.45, 7) is 1.54. The molecule has 25 heavy (non-hydrogen) atoms. The zero-order valence-corrected chi connectivity index (χ0v) is 14.7. The van der Waals surface area contributed by atoms with Gasteiger partial charge in [-0.3, -0.25) is 14.4 Å². The molecule has 130 valence electrons. The van der Waals surface area contributed by atoms with Gasteiger partial charge in [0.1, 0.15) is 0 Å². The van der Waals surface area contributed by atoms with Crippen molar-refractivity contribution in [2.75, 3.05) is 17.2 Å². The van der Waals surface area contributed by atoms with Crippen molar-refractivity contribution >= 4 is 52.3 Å². The first-order chi connectivity index (χ1) is 11.8. The van der Waals surface area contributed by atoms with Crippen LogP contribution in [0.3, 0.4) is 0 Å². The van der Waals surface area contributed by atoms with Gasteiger partial charge < -0.3 is 16.0 Å². The summed E-state index contributed by atoms with van der Waals surface area (Å²) in [7, 11) is 0. The van der Waals surface area contributed by atoms with Gasteiger partial charge in [-0.15, -0.1) is 0 Å². The maximum atomic E-state index is 11.8. The van der Waals surface area contributed by atoms with Crippen LogP contribution in [0, 0.1) is 6.92 Å². The molecule has 0 spiro atoms. The Labute approximate surface area is 154 Å². The van der Waals surface area contributed by atoms with E-state index in [1.165, 1.54) is 18.2 Å². The molecule has 2 aromatic rings. The van der Waals surface area contributed by atoms with Crippen molar-refractivity contribution < 1.29 is 14.4 Å². The molecule has 0 radical (unpaired) electrons. The van der Waals surface area contributed by atoms with Crippen LogP contribution in [0.15, 0.2) is 42.5 Å². The molecule has 0 saturated heterocycles. The minimum absolute atomic E-state index is 0.365. The molecule has 0 aliphatic heterocycles. The van der Waals surface area contributed by atoms with Gasteiger partial charge in [0.2, 0.25) is 5.91 Å². The molecular weight excluding hydrogens is 365 g/mol. The average Bonchev–Trinajstić information content (AvgIpc) is 2.53. The van der Waals surface area contributed by atoms with E-state index in [2.05, 4.69) is 16.0 Å². The molecule has 6 nitrogen and oxygen atoms in total. The van der Waals surface area contributed by atoms with E-state index in [0.717, 1.165) is 5.56 Å². The van der Waals surface area contributed by atoms with Crippen molar-refractivity contribution in [2.24, 2.45) is 0 Å². The van der Waals surface area contributed by atoms with E-state index in [1.807, 2.05) is 6.92 Å². The first-order valence-electron chi connectivity index (χ1n) is 7.25. The molecule has 8 heteroatoms. The summed E-state index contributed by atoms with van der Waals surface area (Å²) in [5, 5.41) is 7.92. The van der Waals surface area contributed by atoms with Gasteiger partial charge in [-0.25, -0.2) is 0 Å². The summed E-state index contributed by atoms with van der Waals surface area (Å²) in [6, 6.07) is 11.5. The predicted octanol–water partition coefficient (Wildman–Crippen LogP) is 3.00. The van der Waals surface area contributed by atoms with Crippen LogP contribution in [0.25, 0.3) is 0 Å². The van der Waals surface area contributed by atoms with E-state index < -0.39 is 17.7 Å². The number of benzene rings is 2. The van der Waals surface area contributed by atoms with Crippen molar-refractivity contribution in [1.82, 2.24) is 5.32 Å². The van der Waals surface area contributed by atoms with Crippen molar-refractivity contribution in [3.63, 3.8) is 0 Å². The molecule has 0 heterocycles. The van der Waals surface area contributed by atoms with Crippen LogP contribution >= 0.6 is 23.2 Å². The molecule has 2 rings (SSSR count). The molecule has 0 atom stereocenters.